The van der Waals surface area contributed by atoms with Crippen molar-refractivity contribution in [3.63, 3.8) is 0 Å². The fraction of sp³-hybridized carbons (Fsp3) is 0.438. The number of hydrogen-bond donors (Lipinski definition) is 0. The molecule has 0 radical (unpaired) electrons. The van der Waals surface area contributed by atoms with E-state index in [2.05, 4.69) is 29.3 Å². The first kappa shape index (κ1) is 15.8. The largest absolute Gasteiger partial charge is 0.305 e. The summed E-state index contributed by atoms with van der Waals surface area (Å²) in [7, 11) is 1.93. The lowest BCUT2D eigenvalue weighted by Gasteiger charge is -2.15. The molecule has 2 aromatic rings. The minimum Gasteiger partial charge on any atom is -0.305 e. The van der Waals surface area contributed by atoms with E-state index in [9.17, 15) is 4.79 Å². The number of rotatable bonds is 4. The summed E-state index contributed by atoms with van der Waals surface area (Å²) in [6.45, 7) is 7.86. The molecule has 1 heterocycles. The second-order valence-corrected chi connectivity index (χ2v) is 7.14. The number of hydrogen-bond acceptors (Lipinski definition) is 4. The number of ketones is 1. The molecule has 0 aliphatic rings. The molecule has 4 nitrogen and oxygen atoms in total. The highest BCUT2D eigenvalue weighted by Gasteiger charge is 2.22. The van der Waals surface area contributed by atoms with Gasteiger partial charge >= 0.3 is 0 Å². The van der Waals surface area contributed by atoms with Gasteiger partial charge in [-0.3, -0.25) is 4.79 Å². The third-order valence-corrected chi connectivity index (χ3v) is 4.33. The fourth-order valence-electron chi connectivity index (χ4n) is 1.74. The second-order valence-electron chi connectivity index (χ2n) is 6.19. The quantitative estimate of drug-likeness (QED) is 0.811. The molecule has 112 valence electrons. The molecule has 0 saturated heterocycles. The summed E-state index contributed by atoms with van der Waals surface area (Å²) < 4.78 is 1.94. The average molecular weight is 303 g/mol. The lowest BCUT2D eigenvalue weighted by molar-refractivity contribution is -0.123. The zero-order valence-electron chi connectivity index (χ0n) is 13.2. The van der Waals surface area contributed by atoms with E-state index < -0.39 is 0 Å². The Labute approximate surface area is 130 Å². The summed E-state index contributed by atoms with van der Waals surface area (Å²) in [5, 5.41) is 9.20. The van der Waals surface area contributed by atoms with Crippen LogP contribution in [0.5, 0.6) is 0 Å². The molecule has 0 unspecified atom stereocenters. The van der Waals surface area contributed by atoms with Gasteiger partial charge in [0.05, 0.1) is 5.75 Å². The Kier molecular flexibility index (Phi) is 4.52. The SMILES string of the molecule is Cc1ccc(-c2nnc(SCC(=O)C(C)(C)C)n2C)cc1. The van der Waals surface area contributed by atoms with Crippen LogP contribution in [0.3, 0.4) is 0 Å². The molecule has 0 saturated carbocycles. The number of carbonyl (C=O) groups is 1. The highest BCUT2D eigenvalue weighted by Crippen LogP contribution is 2.25. The Balaban J connectivity index is 2.14. The Morgan fingerprint density at radius 3 is 2.38 bits per heavy atom. The van der Waals surface area contributed by atoms with Gasteiger partial charge in [-0.1, -0.05) is 62.4 Å². The van der Waals surface area contributed by atoms with E-state index >= 15 is 0 Å². The molecule has 0 bridgehead atoms. The van der Waals surface area contributed by atoms with Crippen LogP contribution in [0, 0.1) is 12.3 Å². The Bertz CT molecular complexity index is 639. The Morgan fingerprint density at radius 2 is 1.81 bits per heavy atom. The minimum absolute atomic E-state index is 0.215. The van der Waals surface area contributed by atoms with Crippen LogP contribution in [-0.4, -0.2) is 26.3 Å². The first-order valence-corrected chi connectivity index (χ1v) is 7.90. The Hall–Kier alpha value is -1.62. The van der Waals surface area contributed by atoms with Crippen molar-refractivity contribution in [1.29, 1.82) is 0 Å². The number of Topliss-reactive ketones (excluding diaryl/α,β-unsaturated/α-hetero) is 1. The van der Waals surface area contributed by atoms with E-state index in [0.29, 0.717) is 5.75 Å². The van der Waals surface area contributed by atoms with Gasteiger partial charge in [-0.25, -0.2) is 0 Å². The molecule has 21 heavy (non-hydrogen) atoms. The number of benzene rings is 1. The number of aryl methyl sites for hydroxylation is 1. The highest BCUT2D eigenvalue weighted by atomic mass is 32.2. The molecule has 0 atom stereocenters. The Morgan fingerprint density at radius 1 is 1.19 bits per heavy atom. The molecule has 0 N–H and O–H groups in total. The van der Waals surface area contributed by atoms with E-state index in [0.717, 1.165) is 16.5 Å². The zero-order valence-corrected chi connectivity index (χ0v) is 14.0. The monoisotopic (exact) mass is 303 g/mol. The summed E-state index contributed by atoms with van der Waals surface area (Å²) >= 11 is 1.44. The number of thioether (sulfide) groups is 1. The van der Waals surface area contributed by atoms with Gasteiger partial charge in [0.15, 0.2) is 11.0 Å². The molecule has 0 amide bonds. The standard InChI is InChI=1S/C16H21N3OS/c1-11-6-8-12(9-7-11)14-17-18-15(19(14)5)21-10-13(20)16(2,3)4/h6-9H,10H2,1-5H3. The van der Waals surface area contributed by atoms with Crippen LogP contribution in [0.4, 0.5) is 0 Å². The summed E-state index contributed by atoms with van der Waals surface area (Å²) in [5.41, 5.74) is 1.93. The van der Waals surface area contributed by atoms with Crippen molar-refractivity contribution < 1.29 is 4.79 Å². The third-order valence-electron chi connectivity index (χ3n) is 3.31. The normalized spacial score (nSPS) is 11.7. The summed E-state index contributed by atoms with van der Waals surface area (Å²) in [4.78, 5) is 12.0. The van der Waals surface area contributed by atoms with Gasteiger partial charge < -0.3 is 4.57 Å². The van der Waals surface area contributed by atoms with Crippen LogP contribution >= 0.6 is 11.8 Å². The summed E-state index contributed by atoms with van der Waals surface area (Å²) in [6, 6.07) is 8.18. The van der Waals surface area contributed by atoms with Crippen molar-refractivity contribution in [1.82, 2.24) is 14.8 Å². The van der Waals surface area contributed by atoms with Crippen LogP contribution in [0.15, 0.2) is 29.4 Å². The average Bonchev–Trinajstić information content (AvgIpc) is 2.77. The maximum absolute atomic E-state index is 12.0. The zero-order chi connectivity index (χ0) is 15.6. The van der Waals surface area contributed by atoms with Gasteiger partial charge in [0, 0.05) is 18.0 Å². The van der Waals surface area contributed by atoms with Crippen molar-refractivity contribution >= 4 is 17.5 Å². The van der Waals surface area contributed by atoms with Crippen LogP contribution in [0.1, 0.15) is 26.3 Å². The van der Waals surface area contributed by atoms with E-state index in [4.69, 9.17) is 0 Å². The summed E-state index contributed by atoms with van der Waals surface area (Å²) in [6.07, 6.45) is 0. The molecule has 2 rings (SSSR count). The van der Waals surface area contributed by atoms with Crippen molar-refractivity contribution in [2.75, 3.05) is 5.75 Å². The molecular formula is C16H21N3OS. The molecular weight excluding hydrogens is 282 g/mol. The van der Waals surface area contributed by atoms with E-state index in [-0.39, 0.29) is 11.2 Å². The maximum Gasteiger partial charge on any atom is 0.191 e. The van der Waals surface area contributed by atoms with Crippen molar-refractivity contribution in [2.24, 2.45) is 12.5 Å². The lowest BCUT2D eigenvalue weighted by Crippen LogP contribution is -2.22. The van der Waals surface area contributed by atoms with Crippen molar-refractivity contribution in [3.8, 4) is 11.4 Å². The predicted octanol–water partition coefficient (Wildman–Crippen LogP) is 3.50. The van der Waals surface area contributed by atoms with Gasteiger partial charge in [-0.2, -0.15) is 0 Å². The van der Waals surface area contributed by atoms with E-state index in [1.165, 1.54) is 17.3 Å². The van der Waals surface area contributed by atoms with Crippen molar-refractivity contribution in [3.05, 3.63) is 29.8 Å². The molecule has 0 fully saturated rings. The maximum atomic E-state index is 12.0. The number of aromatic nitrogens is 3. The molecule has 5 heteroatoms. The van der Waals surface area contributed by atoms with Gasteiger partial charge in [-0.15, -0.1) is 10.2 Å². The topological polar surface area (TPSA) is 47.8 Å². The van der Waals surface area contributed by atoms with Gasteiger partial charge in [0.1, 0.15) is 5.78 Å². The molecule has 0 aliphatic heterocycles. The van der Waals surface area contributed by atoms with Gasteiger partial charge in [-0.05, 0) is 6.92 Å². The second kappa shape index (κ2) is 6.02. The highest BCUT2D eigenvalue weighted by molar-refractivity contribution is 7.99. The van der Waals surface area contributed by atoms with Crippen LogP contribution in [0.2, 0.25) is 0 Å². The van der Waals surface area contributed by atoms with Gasteiger partial charge in [0.2, 0.25) is 0 Å². The lowest BCUT2D eigenvalue weighted by atomic mass is 9.92. The predicted molar refractivity (Wildman–Crippen MR) is 86.4 cm³/mol. The van der Waals surface area contributed by atoms with E-state index in [1.54, 1.807) is 0 Å². The first-order valence-electron chi connectivity index (χ1n) is 6.91. The number of carbonyl (C=O) groups excluding carboxylic acids is 1. The summed E-state index contributed by atoms with van der Waals surface area (Å²) in [5.74, 6) is 1.46. The minimum atomic E-state index is -0.314. The van der Waals surface area contributed by atoms with Crippen LogP contribution in [0.25, 0.3) is 11.4 Å². The van der Waals surface area contributed by atoms with E-state index in [1.807, 2.05) is 44.5 Å². The third kappa shape index (κ3) is 3.73. The molecule has 1 aromatic heterocycles. The molecule has 0 aliphatic carbocycles. The van der Waals surface area contributed by atoms with Crippen LogP contribution in [-0.2, 0) is 11.8 Å². The van der Waals surface area contributed by atoms with Gasteiger partial charge in [0.25, 0.3) is 0 Å². The van der Waals surface area contributed by atoms with Crippen molar-refractivity contribution in [2.45, 2.75) is 32.9 Å². The fourth-order valence-corrected chi connectivity index (χ4v) is 2.81. The molecule has 0 spiro atoms. The number of nitrogens with zero attached hydrogens (tertiary/aromatic N) is 3. The molecule has 1 aromatic carbocycles. The first-order chi connectivity index (χ1) is 9.79. The smallest absolute Gasteiger partial charge is 0.191 e. The van der Waals surface area contributed by atoms with Crippen LogP contribution < -0.4 is 0 Å².